The average molecular weight is 458 g/mol. The summed E-state index contributed by atoms with van der Waals surface area (Å²) >= 11 is 2.95. The Bertz CT molecular complexity index is 1170. The summed E-state index contributed by atoms with van der Waals surface area (Å²) < 4.78 is 6.91. The van der Waals surface area contributed by atoms with Gasteiger partial charge in [-0.2, -0.15) is 0 Å². The fraction of sp³-hybridized carbons (Fsp3) is 0.435. The van der Waals surface area contributed by atoms with Crippen LogP contribution < -0.4 is 10.9 Å². The standard InChI is InChI=1S/C23H27N3O3S2/c1-14-7-6-8-16(13-14)24-20(27)15(2)30-23-25-21-19(22(28)26(23)11-12-29-3)17-9-4-5-10-18(17)31-21/h6-8,13,15H,4-5,9-12H2,1-3H3,(H,24,27). The van der Waals surface area contributed by atoms with Crippen molar-refractivity contribution in [2.75, 3.05) is 19.0 Å². The number of benzene rings is 1. The number of nitrogens with zero attached hydrogens (tertiary/aromatic N) is 2. The van der Waals surface area contributed by atoms with E-state index in [1.165, 1.54) is 22.2 Å². The minimum Gasteiger partial charge on any atom is -0.383 e. The number of carbonyl (C=O) groups excluding carboxylic acids is 1. The van der Waals surface area contributed by atoms with E-state index < -0.39 is 5.25 Å². The highest BCUT2D eigenvalue weighted by atomic mass is 32.2. The van der Waals surface area contributed by atoms with Gasteiger partial charge in [0.25, 0.3) is 5.56 Å². The van der Waals surface area contributed by atoms with Crippen LogP contribution in [0.5, 0.6) is 0 Å². The Labute approximate surface area is 190 Å². The van der Waals surface area contributed by atoms with Gasteiger partial charge in [-0.05, 0) is 62.8 Å². The van der Waals surface area contributed by atoms with Gasteiger partial charge < -0.3 is 10.1 Å². The van der Waals surface area contributed by atoms with Gasteiger partial charge in [0, 0.05) is 17.7 Å². The maximum Gasteiger partial charge on any atom is 0.263 e. The van der Waals surface area contributed by atoms with E-state index >= 15 is 0 Å². The first kappa shape index (κ1) is 22.0. The molecule has 1 amide bonds. The first-order valence-corrected chi connectivity index (χ1v) is 12.3. The van der Waals surface area contributed by atoms with Crippen molar-refractivity contribution in [3.63, 3.8) is 0 Å². The smallest absolute Gasteiger partial charge is 0.263 e. The number of carbonyl (C=O) groups is 1. The first-order valence-electron chi connectivity index (χ1n) is 10.6. The molecule has 3 aromatic rings. The predicted octanol–water partition coefficient (Wildman–Crippen LogP) is 4.41. The summed E-state index contributed by atoms with van der Waals surface area (Å²) in [4.78, 5) is 33.1. The molecule has 0 saturated heterocycles. The molecule has 1 aliphatic carbocycles. The lowest BCUT2D eigenvalue weighted by Crippen LogP contribution is -2.28. The first-order chi connectivity index (χ1) is 15.0. The van der Waals surface area contributed by atoms with Gasteiger partial charge in [-0.3, -0.25) is 14.2 Å². The highest BCUT2D eigenvalue weighted by molar-refractivity contribution is 8.00. The second kappa shape index (κ2) is 9.54. The molecule has 31 heavy (non-hydrogen) atoms. The third kappa shape index (κ3) is 4.71. The molecule has 8 heteroatoms. The maximum absolute atomic E-state index is 13.4. The number of aromatic nitrogens is 2. The van der Waals surface area contributed by atoms with Crippen LogP contribution in [0, 0.1) is 6.92 Å². The van der Waals surface area contributed by atoms with Gasteiger partial charge in [0.05, 0.1) is 23.8 Å². The molecule has 164 valence electrons. The number of thioether (sulfide) groups is 1. The molecule has 0 fully saturated rings. The zero-order chi connectivity index (χ0) is 22.0. The summed E-state index contributed by atoms with van der Waals surface area (Å²) in [6, 6.07) is 7.71. The van der Waals surface area contributed by atoms with Crippen LogP contribution >= 0.6 is 23.1 Å². The molecular weight excluding hydrogens is 430 g/mol. The fourth-order valence-electron chi connectivity index (χ4n) is 3.87. The van der Waals surface area contributed by atoms with Crippen molar-refractivity contribution in [1.82, 2.24) is 9.55 Å². The Hall–Kier alpha value is -2.16. The normalized spacial score (nSPS) is 14.4. The second-order valence-electron chi connectivity index (χ2n) is 7.85. The molecule has 2 heterocycles. The van der Waals surface area contributed by atoms with Crippen molar-refractivity contribution in [3.05, 3.63) is 50.6 Å². The molecule has 2 aromatic heterocycles. The molecule has 0 aliphatic heterocycles. The van der Waals surface area contributed by atoms with Crippen LogP contribution in [-0.4, -0.2) is 34.4 Å². The molecule has 1 aliphatic rings. The molecular formula is C23H27N3O3S2. The van der Waals surface area contributed by atoms with Crippen LogP contribution in [0.1, 0.15) is 35.8 Å². The predicted molar refractivity (Wildman–Crippen MR) is 128 cm³/mol. The Balaban J connectivity index is 1.65. The Morgan fingerprint density at radius 2 is 2.16 bits per heavy atom. The molecule has 1 aromatic carbocycles. The highest BCUT2D eigenvalue weighted by Crippen LogP contribution is 2.35. The molecule has 0 spiro atoms. The molecule has 0 bridgehead atoms. The van der Waals surface area contributed by atoms with E-state index in [1.807, 2.05) is 38.1 Å². The van der Waals surface area contributed by atoms with E-state index in [4.69, 9.17) is 9.72 Å². The van der Waals surface area contributed by atoms with Crippen molar-refractivity contribution in [2.24, 2.45) is 0 Å². The van der Waals surface area contributed by atoms with Gasteiger partial charge in [0.15, 0.2) is 5.16 Å². The molecule has 1 atom stereocenters. The fourth-order valence-corrected chi connectivity index (χ4v) is 6.11. The van der Waals surface area contributed by atoms with Gasteiger partial charge in [-0.25, -0.2) is 4.98 Å². The summed E-state index contributed by atoms with van der Waals surface area (Å²) in [6.07, 6.45) is 4.24. The number of aryl methyl sites for hydroxylation is 3. The third-order valence-corrected chi connectivity index (χ3v) is 7.77. The number of hydrogen-bond acceptors (Lipinski definition) is 6. The number of rotatable bonds is 7. The van der Waals surface area contributed by atoms with Crippen molar-refractivity contribution in [2.45, 2.75) is 56.5 Å². The molecule has 1 N–H and O–H groups in total. The molecule has 4 rings (SSSR count). The van der Waals surface area contributed by atoms with Gasteiger partial charge in [0.2, 0.25) is 5.91 Å². The number of ether oxygens (including phenoxy) is 1. The van der Waals surface area contributed by atoms with Gasteiger partial charge >= 0.3 is 0 Å². The van der Waals surface area contributed by atoms with Crippen LogP contribution in [0.2, 0.25) is 0 Å². The number of amides is 1. The highest BCUT2D eigenvalue weighted by Gasteiger charge is 2.24. The number of anilines is 1. The number of hydrogen-bond donors (Lipinski definition) is 1. The van der Waals surface area contributed by atoms with Gasteiger partial charge in [0.1, 0.15) is 4.83 Å². The van der Waals surface area contributed by atoms with E-state index in [-0.39, 0.29) is 11.5 Å². The zero-order valence-corrected chi connectivity index (χ0v) is 19.7. The van der Waals surface area contributed by atoms with Crippen LogP contribution in [0.4, 0.5) is 5.69 Å². The van der Waals surface area contributed by atoms with E-state index in [1.54, 1.807) is 23.0 Å². The average Bonchev–Trinajstić information content (AvgIpc) is 3.12. The van der Waals surface area contributed by atoms with Crippen LogP contribution in [0.25, 0.3) is 10.2 Å². The summed E-state index contributed by atoms with van der Waals surface area (Å²) in [5.74, 6) is -0.117. The SMILES string of the molecule is COCCn1c(SC(C)C(=O)Nc2cccc(C)c2)nc2sc3c(c2c1=O)CCCC3. The lowest BCUT2D eigenvalue weighted by Gasteiger charge is -2.16. The molecule has 1 unspecified atom stereocenters. The quantitative estimate of drug-likeness (QED) is 0.420. The van der Waals surface area contributed by atoms with Crippen molar-refractivity contribution < 1.29 is 9.53 Å². The van der Waals surface area contributed by atoms with Crippen LogP contribution in [-0.2, 0) is 28.9 Å². The Kier molecular flexibility index (Phi) is 6.79. The van der Waals surface area contributed by atoms with Crippen molar-refractivity contribution in [3.8, 4) is 0 Å². The topological polar surface area (TPSA) is 73.2 Å². The van der Waals surface area contributed by atoms with Gasteiger partial charge in [-0.1, -0.05) is 23.9 Å². The van der Waals surface area contributed by atoms with Gasteiger partial charge in [-0.15, -0.1) is 11.3 Å². The van der Waals surface area contributed by atoms with Crippen LogP contribution in [0.15, 0.2) is 34.2 Å². The molecule has 0 radical (unpaired) electrons. The van der Waals surface area contributed by atoms with E-state index in [2.05, 4.69) is 5.32 Å². The maximum atomic E-state index is 13.4. The Morgan fingerprint density at radius 1 is 1.35 bits per heavy atom. The van der Waals surface area contributed by atoms with E-state index in [0.717, 1.165) is 47.2 Å². The van der Waals surface area contributed by atoms with E-state index in [0.29, 0.717) is 18.3 Å². The molecule has 6 nitrogen and oxygen atoms in total. The third-order valence-electron chi connectivity index (χ3n) is 5.50. The number of thiophene rings is 1. The lowest BCUT2D eigenvalue weighted by atomic mass is 9.97. The van der Waals surface area contributed by atoms with Crippen molar-refractivity contribution in [1.29, 1.82) is 0 Å². The number of methoxy groups -OCH3 is 1. The second-order valence-corrected chi connectivity index (χ2v) is 10.2. The lowest BCUT2D eigenvalue weighted by molar-refractivity contribution is -0.115. The number of nitrogens with one attached hydrogen (secondary N) is 1. The minimum atomic E-state index is -0.409. The summed E-state index contributed by atoms with van der Waals surface area (Å²) in [5.41, 5.74) is 3.01. The zero-order valence-electron chi connectivity index (χ0n) is 18.1. The Morgan fingerprint density at radius 3 is 2.94 bits per heavy atom. The van der Waals surface area contributed by atoms with Crippen molar-refractivity contribution >= 4 is 44.9 Å². The minimum absolute atomic E-state index is 0.0183. The van der Waals surface area contributed by atoms with Crippen LogP contribution in [0.3, 0.4) is 0 Å². The summed E-state index contributed by atoms with van der Waals surface area (Å²) in [7, 11) is 1.62. The molecule has 0 saturated carbocycles. The summed E-state index contributed by atoms with van der Waals surface area (Å²) in [5, 5.41) is 3.88. The summed E-state index contributed by atoms with van der Waals surface area (Å²) in [6.45, 7) is 4.66. The number of fused-ring (bicyclic) bond motifs is 3. The largest absolute Gasteiger partial charge is 0.383 e. The van der Waals surface area contributed by atoms with E-state index in [9.17, 15) is 9.59 Å². The monoisotopic (exact) mass is 457 g/mol.